The standard InChI is InChI=1S/C8H9F2N.ClH/c1-3-5-11(6-4-2)7-8(9)10;/h1-2,8H,5-7H2;1H. The third kappa shape index (κ3) is 7.34. The van der Waals surface area contributed by atoms with E-state index in [1.165, 1.54) is 4.90 Å². The van der Waals surface area contributed by atoms with Gasteiger partial charge < -0.3 is 0 Å². The molecule has 0 rings (SSSR count). The lowest BCUT2D eigenvalue weighted by molar-refractivity contribution is 0.101. The number of rotatable bonds is 4. The lowest BCUT2D eigenvalue weighted by Gasteiger charge is -2.14. The quantitative estimate of drug-likeness (QED) is 0.608. The molecule has 0 saturated carbocycles. The molecule has 0 spiro atoms. The van der Waals surface area contributed by atoms with Crippen LogP contribution in [0.15, 0.2) is 0 Å². The molecule has 0 radical (unpaired) electrons. The van der Waals surface area contributed by atoms with Gasteiger partial charge in [-0.2, -0.15) is 0 Å². The Bertz CT molecular complexity index is 164. The van der Waals surface area contributed by atoms with Crippen molar-refractivity contribution in [2.75, 3.05) is 19.6 Å². The van der Waals surface area contributed by atoms with E-state index in [-0.39, 0.29) is 32.0 Å². The van der Waals surface area contributed by atoms with Gasteiger partial charge in [0, 0.05) is 0 Å². The van der Waals surface area contributed by atoms with Gasteiger partial charge in [-0.3, -0.25) is 4.90 Å². The summed E-state index contributed by atoms with van der Waals surface area (Å²) in [5.74, 6) is 4.51. The van der Waals surface area contributed by atoms with Gasteiger partial charge in [0.1, 0.15) is 0 Å². The molecule has 0 N–H and O–H groups in total. The Morgan fingerprint density at radius 3 is 1.83 bits per heavy atom. The Morgan fingerprint density at radius 2 is 1.58 bits per heavy atom. The van der Waals surface area contributed by atoms with E-state index in [1.807, 2.05) is 0 Å². The summed E-state index contributed by atoms with van der Waals surface area (Å²) in [6.07, 6.45) is 7.48. The van der Waals surface area contributed by atoms with Crippen LogP contribution < -0.4 is 0 Å². The van der Waals surface area contributed by atoms with Crippen LogP contribution in [0.3, 0.4) is 0 Å². The first-order valence-corrected chi connectivity index (χ1v) is 3.08. The number of halogens is 3. The van der Waals surface area contributed by atoms with E-state index >= 15 is 0 Å². The molecule has 0 amide bonds. The van der Waals surface area contributed by atoms with Crippen molar-refractivity contribution in [3.05, 3.63) is 0 Å². The van der Waals surface area contributed by atoms with E-state index in [4.69, 9.17) is 12.8 Å². The first-order chi connectivity index (χ1) is 5.20. The second-order valence-corrected chi connectivity index (χ2v) is 1.97. The van der Waals surface area contributed by atoms with Gasteiger partial charge in [0.25, 0.3) is 6.43 Å². The smallest absolute Gasteiger partial charge is 0.251 e. The number of alkyl halides is 2. The highest BCUT2D eigenvalue weighted by atomic mass is 35.5. The maximum Gasteiger partial charge on any atom is 0.251 e. The zero-order valence-electron chi connectivity index (χ0n) is 6.46. The summed E-state index contributed by atoms with van der Waals surface area (Å²) >= 11 is 0. The minimum Gasteiger partial charge on any atom is -0.275 e. The van der Waals surface area contributed by atoms with E-state index in [0.29, 0.717) is 0 Å². The Kier molecular flexibility index (Phi) is 9.57. The lowest BCUT2D eigenvalue weighted by atomic mass is 10.4. The molecule has 0 aliphatic carbocycles. The van der Waals surface area contributed by atoms with Crippen molar-refractivity contribution in [2.45, 2.75) is 6.43 Å². The van der Waals surface area contributed by atoms with Crippen LogP contribution in [0.25, 0.3) is 0 Å². The molecule has 4 heteroatoms. The number of terminal acetylenes is 2. The van der Waals surface area contributed by atoms with Crippen molar-refractivity contribution in [1.82, 2.24) is 4.90 Å². The van der Waals surface area contributed by atoms with Gasteiger partial charge in [0.2, 0.25) is 0 Å². The molecular weight excluding hydrogens is 184 g/mol. The fourth-order valence-corrected chi connectivity index (χ4v) is 0.638. The molecule has 0 heterocycles. The van der Waals surface area contributed by atoms with Crippen LogP contribution in [0.2, 0.25) is 0 Å². The first-order valence-electron chi connectivity index (χ1n) is 3.08. The van der Waals surface area contributed by atoms with E-state index < -0.39 is 6.43 Å². The summed E-state index contributed by atoms with van der Waals surface area (Å²) in [6.45, 7) is -0.00250. The highest BCUT2D eigenvalue weighted by Crippen LogP contribution is 1.96. The summed E-state index contributed by atoms with van der Waals surface area (Å²) in [7, 11) is 0. The SMILES string of the molecule is C#CCN(CC#C)CC(F)F.Cl. The third-order valence-electron chi connectivity index (χ3n) is 1.03. The van der Waals surface area contributed by atoms with E-state index in [1.54, 1.807) is 0 Å². The number of hydrogen-bond donors (Lipinski definition) is 0. The highest BCUT2D eigenvalue weighted by molar-refractivity contribution is 5.85. The van der Waals surface area contributed by atoms with E-state index in [2.05, 4.69) is 11.8 Å². The van der Waals surface area contributed by atoms with Crippen molar-refractivity contribution < 1.29 is 8.78 Å². The number of hydrogen-bond acceptors (Lipinski definition) is 1. The minimum atomic E-state index is -2.38. The van der Waals surface area contributed by atoms with E-state index in [9.17, 15) is 8.78 Å². The average molecular weight is 194 g/mol. The maximum atomic E-state index is 11.8. The summed E-state index contributed by atoms with van der Waals surface area (Å²) in [5.41, 5.74) is 0. The van der Waals surface area contributed by atoms with Crippen molar-refractivity contribution in [3.63, 3.8) is 0 Å². The third-order valence-corrected chi connectivity index (χ3v) is 1.03. The summed E-state index contributed by atoms with van der Waals surface area (Å²) in [4.78, 5) is 1.34. The van der Waals surface area contributed by atoms with Crippen LogP contribution in [0, 0.1) is 24.7 Å². The normalized spacial score (nSPS) is 8.83. The zero-order valence-corrected chi connectivity index (χ0v) is 7.28. The van der Waals surface area contributed by atoms with Crippen LogP contribution in [-0.4, -0.2) is 31.0 Å². The Balaban J connectivity index is 0. The fourth-order valence-electron chi connectivity index (χ4n) is 0.638. The molecule has 0 aromatic rings. The molecule has 0 bridgehead atoms. The highest BCUT2D eigenvalue weighted by Gasteiger charge is 2.08. The predicted molar refractivity (Wildman–Crippen MR) is 47.4 cm³/mol. The molecule has 0 fully saturated rings. The number of nitrogens with zero attached hydrogens (tertiary/aromatic N) is 1. The van der Waals surface area contributed by atoms with Gasteiger partial charge in [-0.05, 0) is 0 Å². The largest absolute Gasteiger partial charge is 0.275 e. The predicted octanol–water partition coefficient (Wildman–Crippen LogP) is 1.24. The summed E-state index contributed by atoms with van der Waals surface area (Å²) < 4.78 is 23.5. The molecule has 0 aliphatic heterocycles. The molecule has 0 aromatic carbocycles. The summed E-state index contributed by atoms with van der Waals surface area (Å²) in [6, 6.07) is 0. The maximum absolute atomic E-state index is 11.8. The van der Waals surface area contributed by atoms with Gasteiger partial charge in [0.05, 0.1) is 19.6 Å². The van der Waals surface area contributed by atoms with Crippen LogP contribution in [0.5, 0.6) is 0 Å². The fraction of sp³-hybridized carbons (Fsp3) is 0.500. The van der Waals surface area contributed by atoms with Crippen LogP contribution in [0.1, 0.15) is 0 Å². The van der Waals surface area contributed by atoms with Crippen LogP contribution in [-0.2, 0) is 0 Å². The average Bonchev–Trinajstić information content (AvgIpc) is 1.87. The van der Waals surface area contributed by atoms with Gasteiger partial charge in [0.15, 0.2) is 0 Å². The Labute approximate surface area is 77.5 Å². The van der Waals surface area contributed by atoms with Crippen molar-refractivity contribution in [2.24, 2.45) is 0 Å². The van der Waals surface area contributed by atoms with Crippen LogP contribution >= 0.6 is 12.4 Å². The molecule has 0 saturated heterocycles. The molecule has 1 nitrogen and oxygen atoms in total. The zero-order chi connectivity index (χ0) is 8.69. The van der Waals surface area contributed by atoms with Crippen LogP contribution in [0.4, 0.5) is 8.78 Å². The molecular formula is C8H10ClF2N. The molecule has 0 unspecified atom stereocenters. The topological polar surface area (TPSA) is 3.24 Å². The second kappa shape index (κ2) is 8.33. The monoisotopic (exact) mass is 193 g/mol. The van der Waals surface area contributed by atoms with Gasteiger partial charge >= 0.3 is 0 Å². The Hall–Kier alpha value is -0.770. The van der Waals surface area contributed by atoms with Gasteiger partial charge in [-0.25, -0.2) is 8.78 Å². The van der Waals surface area contributed by atoms with Gasteiger partial charge in [-0.1, -0.05) is 11.8 Å². The molecule has 68 valence electrons. The molecule has 12 heavy (non-hydrogen) atoms. The Morgan fingerprint density at radius 1 is 1.17 bits per heavy atom. The molecule has 0 aliphatic rings. The molecule has 0 aromatic heterocycles. The lowest BCUT2D eigenvalue weighted by Crippen LogP contribution is -2.29. The van der Waals surface area contributed by atoms with Crippen molar-refractivity contribution in [3.8, 4) is 24.7 Å². The van der Waals surface area contributed by atoms with E-state index in [0.717, 1.165) is 0 Å². The first kappa shape index (κ1) is 13.8. The van der Waals surface area contributed by atoms with Gasteiger partial charge in [-0.15, -0.1) is 25.3 Å². The summed E-state index contributed by atoms with van der Waals surface area (Å²) in [5, 5.41) is 0. The second-order valence-electron chi connectivity index (χ2n) is 1.97. The van der Waals surface area contributed by atoms with Crippen molar-refractivity contribution >= 4 is 12.4 Å². The molecule has 0 atom stereocenters. The minimum absolute atomic E-state index is 0. The van der Waals surface area contributed by atoms with Crippen molar-refractivity contribution in [1.29, 1.82) is 0 Å².